The number of rotatable bonds is 5. The SMILES string of the molecule is C[C@H]1C(=O)NCCCOc2cc3c(ncnc3cc2OCCCN2CCN(C)CC2)Nc2c(ccc3c2OCO3)CN1C. The molecule has 12 nitrogen and oxygen atoms in total. The molecular formula is C31H41N7O5. The molecule has 230 valence electrons. The van der Waals surface area contributed by atoms with Gasteiger partial charge in [-0.1, -0.05) is 6.07 Å². The molecule has 6 rings (SSSR count). The van der Waals surface area contributed by atoms with Gasteiger partial charge in [0.05, 0.1) is 30.5 Å². The number of aromatic nitrogens is 2. The lowest BCUT2D eigenvalue weighted by Crippen LogP contribution is -2.44. The van der Waals surface area contributed by atoms with Crippen LogP contribution in [0.3, 0.4) is 0 Å². The summed E-state index contributed by atoms with van der Waals surface area (Å²) in [6.45, 7) is 9.43. The molecule has 0 spiro atoms. The van der Waals surface area contributed by atoms with Gasteiger partial charge >= 0.3 is 0 Å². The van der Waals surface area contributed by atoms with E-state index in [1.54, 1.807) is 6.33 Å². The Morgan fingerprint density at radius 1 is 1.05 bits per heavy atom. The molecule has 0 aliphatic carbocycles. The van der Waals surface area contributed by atoms with E-state index in [4.69, 9.17) is 18.9 Å². The number of piperazine rings is 1. The first kappa shape index (κ1) is 29.2. The number of anilines is 2. The van der Waals surface area contributed by atoms with Crippen molar-refractivity contribution in [1.29, 1.82) is 0 Å². The molecule has 1 atom stereocenters. The number of benzene rings is 2. The molecule has 1 aromatic heterocycles. The van der Waals surface area contributed by atoms with Crippen molar-refractivity contribution in [2.24, 2.45) is 0 Å². The summed E-state index contributed by atoms with van der Waals surface area (Å²) >= 11 is 0. The molecule has 3 aromatic rings. The van der Waals surface area contributed by atoms with Gasteiger partial charge in [0.2, 0.25) is 12.7 Å². The van der Waals surface area contributed by atoms with Crippen LogP contribution < -0.4 is 29.6 Å². The van der Waals surface area contributed by atoms with Crippen LogP contribution in [0.5, 0.6) is 23.0 Å². The summed E-state index contributed by atoms with van der Waals surface area (Å²) in [6, 6.07) is 7.41. The maximum Gasteiger partial charge on any atom is 0.237 e. The Labute approximate surface area is 252 Å². The van der Waals surface area contributed by atoms with E-state index in [1.807, 2.05) is 43.1 Å². The molecule has 1 amide bonds. The Balaban J connectivity index is 1.30. The molecule has 0 saturated carbocycles. The minimum atomic E-state index is -0.337. The van der Waals surface area contributed by atoms with Crippen molar-refractivity contribution in [2.75, 3.05) is 78.7 Å². The number of likely N-dealkylation sites (N-methyl/N-ethyl adjacent to an activating group) is 2. The van der Waals surface area contributed by atoms with Crippen molar-refractivity contribution in [2.45, 2.75) is 32.4 Å². The van der Waals surface area contributed by atoms with Gasteiger partial charge < -0.3 is 39.4 Å². The number of hydrogen-bond donors (Lipinski definition) is 2. The highest BCUT2D eigenvalue weighted by atomic mass is 16.7. The molecule has 0 unspecified atom stereocenters. The Hall–Kier alpha value is -3.87. The van der Waals surface area contributed by atoms with Crippen LogP contribution in [-0.4, -0.2) is 110 Å². The zero-order valence-corrected chi connectivity index (χ0v) is 25.2. The summed E-state index contributed by atoms with van der Waals surface area (Å²) in [5.74, 6) is 3.12. The van der Waals surface area contributed by atoms with Crippen molar-refractivity contribution in [3.63, 3.8) is 0 Å². The van der Waals surface area contributed by atoms with E-state index in [1.165, 1.54) is 0 Å². The fourth-order valence-electron chi connectivity index (χ4n) is 5.55. The lowest BCUT2D eigenvalue weighted by atomic mass is 10.1. The maximum atomic E-state index is 12.9. The van der Waals surface area contributed by atoms with Crippen LogP contribution in [0, 0.1) is 0 Å². The van der Waals surface area contributed by atoms with E-state index in [0.29, 0.717) is 61.5 Å². The van der Waals surface area contributed by atoms with E-state index in [9.17, 15) is 4.79 Å². The van der Waals surface area contributed by atoms with Crippen LogP contribution >= 0.6 is 0 Å². The lowest BCUT2D eigenvalue weighted by Gasteiger charge is -2.32. The van der Waals surface area contributed by atoms with Gasteiger partial charge in [0.25, 0.3) is 0 Å². The van der Waals surface area contributed by atoms with Gasteiger partial charge in [-0.05, 0) is 51.6 Å². The summed E-state index contributed by atoms with van der Waals surface area (Å²) in [5, 5.41) is 7.35. The van der Waals surface area contributed by atoms with Crippen molar-refractivity contribution in [3.05, 3.63) is 36.2 Å². The topological polar surface area (TPSA) is 114 Å². The lowest BCUT2D eigenvalue weighted by molar-refractivity contribution is -0.125. The van der Waals surface area contributed by atoms with Crippen LogP contribution in [0.4, 0.5) is 11.5 Å². The summed E-state index contributed by atoms with van der Waals surface area (Å²) in [7, 11) is 4.10. The van der Waals surface area contributed by atoms with E-state index < -0.39 is 0 Å². The second-order valence-electron chi connectivity index (χ2n) is 11.4. The average molecular weight is 592 g/mol. The normalized spacial score (nSPS) is 20.3. The third-order valence-corrected chi connectivity index (χ3v) is 8.38. The largest absolute Gasteiger partial charge is 0.490 e. The molecule has 43 heavy (non-hydrogen) atoms. The van der Waals surface area contributed by atoms with Gasteiger partial charge in [-0.15, -0.1) is 0 Å². The Morgan fingerprint density at radius 2 is 1.91 bits per heavy atom. The van der Waals surface area contributed by atoms with E-state index >= 15 is 0 Å². The Bertz CT molecular complexity index is 1450. The van der Waals surface area contributed by atoms with Crippen molar-refractivity contribution < 1.29 is 23.7 Å². The predicted octanol–water partition coefficient (Wildman–Crippen LogP) is 2.84. The number of carbonyl (C=O) groups is 1. The third-order valence-electron chi connectivity index (χ3n) is 8.38. The molecule has 4 heterocycles. The highest BCUT2D eigenvalue weighted by molar-refractivity contribution is 5.94. The highest BCUT2D eigenvalue weighted by Gasteiger charge is 2.26. The molecule has 2 aromatic carbocycles. The summed E-state index contributed by atoms with van der Waals surface area (Å²) in [5.41, 5.74) is 2.43. The Morgan fingerprint density at radius 3 is 2.77 bits per heavy atom. The number of fused-ring (bicyclic) bond motifs is 4. The Kier molecular flexibility index (Phi) is 8.96. The number of nitrogens with one attached hydrogen (secondary N) is 2. The second-order valence-corrected chi connectivity index (χ2v) is 11.4. The van der Waals surface area contributed by atoms with Gasteiger partial charge in [-0.2, -0.15) is 0 Å². The molecule has 1 saturated heterocycles. The fourth-order valence-corrected chi connectivity index (χ4v) is 5.55. The van der Waals surface area contributed by atoms with Gasteiger partial charge in [0.15, 0.2) is 23.0 Å². The molecule has 2 bridgehead atoms. The summed E-state index contributed by atoms with van der Waals surface area (Å²) < 4.78 is 24.1. The molecule has 2 N–H and O–H groups in total. The zero-order valence-electron chi connectivity index (χ0n) is 25.2. The summed E-state index contributed by atoms with van der Waals surface area (Å²) in [4.78, 5) is 28.9. The highest BCUT2D eigenvalue weighted by Crippen LogP contribution is 2.44. The molecule has 3 aliphatic rings. The number of carbonyl (C=O) groups excluding carboxylic acids is 1. The predicted molar refractivity (Wildman–Crippen MR) is 163 cm³/mol. The second kappa shape index (κ2) is 13.2. The van der Waals surface area contributed by atoms with Crippen LogP contribution in [0.2, 0.25) is 0 Å². The minimum absolute atomic E-state index is 0.0336. The smallest absolute Gasteiger partial charge is 0.237 e. The molecular weight excluding hydrogens is 550 g/mol. The number of hydrogen-bond acceptors (Lipinski definition) is 11. The first-order chi connectivity index (χ1) is 21.0. The van der Waals surface area contributed by atoms with Crippen molar-refractivity contribution in [1.82, 2.24) is 30.0 Å². The summed E-state index contributed by atoms with van der Waals surface area (Å²) in [6.07, 6.45) is 3.12. The van der Waals surface area contributed by atoms with Gasteiger partial charge in [-0.25, -0.2) is 9.97 Å². The van der Waals surface area contributed by atoms with E-state index in [-0.39, 0.29) is 18.7 Å². The molecule has 0 radical (unpaired) electrons. The van der Waals surface area contributed by atoms with Crippen LogP contribution in [0.15, 0.2) is 30.6 Å². The number of ether oxygens (including phenoxy) is 4. The average Bonchev–Trinajstić information content (AvgIpc) is 3.49. The van der Waals surface area contributed by atoms with E-state index in [0.717, 1.165) is 61.3 Å². The van der Waals surface area contributed by atoms with Crippen LogP contribution in [0.1, 0.15) is 25.3 Å². The minimum Gasteiger partial charge on any atom is -0.490 e. The van der Waals surface area contributed by atoms with Crippen molar-refractivity contribution in [3.8, 4) is 23.0 Å². The van der Waals surface area contributed by atoms with Crippen molar-refractivity contribution >= 4 is 28.3 Å². The molecule has 1 fully saturated rings. The zero-order chi connectivity index (χ0) is 29.8. The standard InChI is InChI=1S/C31H41N7O5/c1-21-31(39)32-8-4-14-40-26-16-23-24(17-27(26)41-15-5-9-38-12-10-36(2)11-13-38)33-19-34-30(23)35-28-22(18-37(21)3)6-7-25-29(28)43-20-42-25/h6-7,16-17,19,21H,4-5,8-15,18,20H2,1-3H3,(H,32,39)(H,33,34,35)/t21-/m0/s1. The quantitative estimate of drug-likeness (QED) is 0.427. The number of nitrogens with zero attached hydrogens (tertiary/aromatic N) is 5. The third kappa shape index (κ3) is 6.71. The van der Waals surface area contributed by atoms with E-state index in [2.05, 4.69) is 37.4 Å². The van der Waals surface area contributed by atoms with Gasteiger partial charge in [0.1, 0.15) is 12.1 Å². The molecule has 12 heteroatoms. The maximum absolute atomic E-state index is 12.9. The monoisotopic (exact) mass is 591 g/mol. The van der Waals surface area contributed by atoms with Crippen LogP contribution in [0.25, 0.3) is 10.9 Å². The first-order valence-corrected chi connectivity index (χ1v) is 15.1. The fraction of sp³-hybridized carbons (Fsp3) is 0.516. The first-order valence-electron chi connectivity index (χ1n) is 15.1. The van der Waals surface area contributed by atoms with Crippen LogP contribution in [-0.2, 0) is 11.3 Å². The molecule has 3 aliphatic heterocycles. The van der Waals surface area contributed by atoms with Gasteiger partial charge in [0, 0.05) is 57.3 Å². The number of amides is 1. The van der Waals surface area contributed by atoms with Gasteiger partial charge in [-0.3, -0.25) is 9.69 Å².